The van der Waals surface area contributed by atoms with Gasteiger partial charge in [-0.2, -0.15) is 0 Å². The summed E-state index contributed by atoms with van der Waals surface area (Å²) >= 11 is 0. The summed E-state index contributed by atoms with van der Waals surface area (Å²) in [7, 11) is 0. The molecule has 2 aliphatic carbocycles. The minimum atomic E-state index is 0.263. The summed E-state index contributed by atoms with van der Waals surface area (Å²) < 4.78 is 0. The molecule has 3 heteroatoms. The van der Waals surface area contributed by atoms with Crippen LogP contribution in [0.1, 0.15) is 38.5 Å². The van der Waals surface area contributed by atoms with E-state index in [-0.39, 0.29) is 5.91 Å². The summed E-state index contributed by atoms with van der Waals surface area (Å²) in [5.74, 6) is 0.595. The van der Waals surface area contributed by atoms with E-state index in [2.05, 4.69) is 5.32 Å². The van der Waals surface area contributed by atoms with Crippen LogP contribution in [0.4, 0.5) is 0 Å². The van der Waals surface area contributed by atoms with Crippen molar-refractivity contribution in [1.82, 2.24) is 5.32 Å². The second-order valence-electron chi connectivity index (χ2n) is 4.41. The molecule has 0 heterocycles. The van der Waals surface area contributed by atoms with Gasteiger partial charge in [0, 0.05) is 18.0 Å². The molecule has 2 rings (SSSR count). The van der Waals surface area contributed by atoms with Crippen molar-refractivity contribution in [2.24, 2.45) is 11.7 Å². The number of nitrogens with one attached hydrogen (secondary N) is 1. The van der Waals surface area contributed by atoms with Gasteiger partial charge in [-0.15, -0.1) is 0 Å². The average Bonchev–Trinajstić information content (AvgIpc) is 2.85. The summed E-state index contributed by atoms with van der Waals surface area (Å²) in [6.07, 6.45) is 6.55. The molecule has 0 aromatic heterocycles. The fourth-order valence-corrected chi connectivity index (χ4v) is 2.02. The van der Waals surface area contributed by atoms with Gasteiger partial charge < -0.3 is 11.1 Å². The Morgan fingerprint density at radius 3 is 2.62 bits per heavy atom. The second-order valence-corrected chi connectivity index (χ2v) is 4.41. The molecule has 2 unspecified atom stereocenters. The lowest BCUT2D eigenvalue weighted by atomic mass is 9.91. The Bertz CT molecular complexity index is 201. The zero-order valence-corrected chi connectivity index (χ0v) is 7.96. The maximum atomic E-state index is 11.4. The topological polar surface area (TPSA) is 55.1 Å². The highest BCUT2D eigenvalue weighted by Gasteiger charge is 2.31. The van der Waals surface area contributed by atoms with Crippen LogP contribution in [0.5, 0.6) is 0 Å². The normalized spacial score (nSPS) is 34.2. The van der Waals surface area contributed by atoms with E-state index in [0.717, 1.165) is 38.5 Å². The molecular formula is C10H18N2O. The first-order valence-corrected chi connectivity index (χ1v) is 5.31. The molecule has 13 heavy (non-hydrogen) atoms. The van der Waals surface area contributed by atoms with Crippen LogP contribution in [0, 0.1) is 5.92 Å². The highest BCUT2D eigenvalue weighted by Crippen LogP contribution is 2.29. The molecule has 3 N–H and O–H groups in total. The number of nitrogens with two attached hydrogens (primary N) is 1. The molecular weight excluding hydrogens is 164 g/mol. The lowest BCUT2D eigenvalue weighted by molar-refractivity contribution is -0.123. The minimum absolute atomic E-state index is 0.263. The number of amides is 1. The predicted molar refractivity (Wildman–Crippen MR) is 51.1 cm³/mol. The maximum Gasteiger partial charge on any atom is 0.223 e. The van der Waals surface area contributed by atoms with Crippen LogP contribution in [0.15, 0.2) is 0 Å². The standard InChI is InChI=1S/C10H18N2O/c11-8-2-1-3-9(6-8)12-10(13)7-4-5-7/h7-9H,1-6,11H2,(H,12,13). The molecule has 2 aliphatic rings. The molecule has 0 aliphatic heterocycles. The Kier molecular flexibility index (Phi) is 2.54. The zero-order chi connectivity index (χ0) is 9.26. The van der Waals surface area contributed by atoms with E-state index in [1.165, 1.54) is 0 Å². The van der Waals surface area contributed by atoms with Gasteiger partial charge >= 0.3 is 0 Å². The number of hydrogen-bond donors (Lipinski definition) is 2. The Balaban J connectivity index is 1.76. The number of carbonyl (C=O) groups excluding carboxylic acids is 1. The van der Waals surface area contributed by atoms with Crippen molar-refractivity contribution >= 4 is 5.91 Å². The fourth-order valence-electron chi connectivity index (χ4n) is 2.02. The molecule has 2 fully saturated rings. The molecule has 0 radical (unpaired) electrons. The Morgan fingerprint density at radius 2 is 2.00 bits per heavy atom. The Hall–Kier alpha value is -0.570. The molecule has 2 saturated carbocycles. The molecule has 74 valence electrons. The highest BCUT2D eigenvalue weighted by atomic mass is 16.2. The maximum absolute atomic E-state index is 11.4. The van der Waals surface area contributed by atoms with Crippen LogP contribution >= 0.6 is 0 Å². The van der Waals surface area contributed by atoms with E-state index in [1.54, 1.807) is 0 Å². The molecule has 0 aromatic carbocycles. The summed E-state index contributed by atoms with van der Waals surface area (Å²) in [5.41, 5.74) is 5.84. The van der Waals surface area contributed by atoms with Crippen molar-refractivity contribution in [2.45, 2.75) is 50.6 Å². The van der Waals surface area contributed by atoms with Gasteiger partial charge in [-0.1, -0.05) is 0 Å². The Morgan fingerprint density at radius 1 is 1.23 bits per heavy atom. The van der Waals surface area contributed by atoms with Crippen LogP contribution < -0.4 is 11.1 Å². The van der Waals surface area contributed by atoms with Gasteiger partial charge in [-0.3, -0.25) is 4.79 Å². The van der Waals surface area contributed by atoms with Gasteiger partial charge in [0.25, 0.3) is 0 Å². The molecule has 1 amide bonds. The molecule has 2 atom stereocenters. The number of hydrogen-bond acceptors (Lipinski definition) is 2. The van der Waals surface area contributed by atoms with E-state index in [0.29, 0.717) is 18.0 Å². The quantitative estimate of drug-likeness (QED) is 0.663. The van der Waals surface area contributed by atoms with E-state index in [1.807, 2.05) is 0 Å². The van der Waals surface area contributed by atoms with Crippen LogP contribution in [0.2, 0.25) is 0 Å². The second kappa shape index (κ2) is 3.66. The van der Waals surface area contributed by atoms with Gasteiger partial charge in [0.15, 0.2) is 0 Å². The van der Waals surface area contributed by atoms with Gasteiger partial charge in [-0.25, -0.2) is 0 Å². The van der Waals surface area contributed by atoms with Crippen LogP contribution in [0.3, 0.4) is 0 Å². The minimum Gasteiger partial charge on any atom is -0.353 e. The van der Waals surface area contributed by atoms with Crippen LogP contribution in [-0.2, 0) is 4.79 Å². The van der Waals surface area contributed by atoms with Gasteiger partial charge in [0.2, 0.25) is 5.91 Å². The van der Waals surface area contributed by atoms with Gasteiger partial charge in [0.1, 0.15) is 0 Å². The smallest absolute Gasteiger partial charge is 0.223 e. The number of rotatable bonds is 2. The molecule has 0 bridgehead atoms. The number of carbonyl (C=O) groups is 1. The first-order chi connectivity index (χ1) is 6.25. The molecule has 0 saturated heterocycles. The SMILES string of the molecule is NC1CCCC(NC(=O)C2CC2)C1. The van der Waals surface area contributed by atoms with Crippen molar-refractivity contribution in [2.75, 3.05) is 0 Å². The van der Waals surface area contributed by atoms with Crippen molar-refractivity contribution in [3.05, 3.63) is 0 Å². The van der Waals surface area contributed by atoms with Crippen molar-refractivity contribution in [3.63, 3.8) is 0 Å². The first-order valence-electron chi connectivity index (χ1n) is 5.31. The van der Waals surface area contributed by atoms with Crippen LogP contribution in [0.25, 0.3) is 0 Å². The van der Waals surface area contributed by atoms with Gasteiger partial charge in [-0.05, 0) is 38.5 Å². The van der Waals surface area contributed by atoms with Gasteiger partial charge in [0.05, 0.1) is 0 Å². The Labute approximate surface area is 79.1 Å². The van der Waals surface area contributed by atoms with E-state index >= 15 is 0 Å². The summed E-state index contributed by atoms with van der Waals surface area (Å²) in [6, 6.07) is 0.662. The van der Waals surface area contributed by atoms with E-state index in [9.17, 15) is 4.79 Å². The van der Waals surface area contributed by atoms with Crippen LogP contribution in [-0.4, -0.2) is 18.0 Å². The molecule has 0 aromatic rings. The first kappa shape index (κ1) is 9.00. The molecule has 0 spiro atoms. The molecule has 3 nitrogen and oxygen atoms in total. The third kappa shape index (κ3) is 2.44. The average molecular weight is 182 g/mol. The van der Waals surface area contributed by atoms with Crippen molar-refractivity contribution in [3.8, 4) is 0 Å². The fraction of sp³-hybridized carbons (Fsp3) is 0.900. The third-order valence-electron chi connectivity index (χ3n) is 3.01. The monoisotopic (exact) mass is 182 g/mol. The zero-order valence-electron chi connectivity index (χ0n) is 7.96. The largest absolute Gasteiger partial charge is 0.353 e. The van der Waals surface area contributed by atoms with E-state index in [4.69, 9.17) is 5.73 Å². The highest BCUT2D eigenvalue weighted by molar-refractivity contribution is 5.81. The lowest BCUT2D eigenvalue weighted by Gasteiger charge is -2.27. The van der Waals surface area contributed by atoms with Crippen molar-refractivity contribution in [1.29, 1.82) is 0 Å². The van der Waals surface area contributed by atoms with Crippen molar-refractivity contribution < 1.29 is 4.79 Å². The summed E-state index contributed by atoms with van der Waals surface area (Å²) in [5, 5.41) is 3.09. The third-order valence-corrected chi connectivity index (χ3v) is 3.01. The predicted octanol–water partition coefficient (Wildman–Crippen LogP) is 0.782. The van der Waals surface area contributed by atoms with E-state index < -0.39 is 0 Å². The summed E-state index contributed by atoms with van der Waals surface area (Å²) in [4.78, 5) is 11.4. The summed E-state index contributed by atoms with van der Waals surface area (Å²) in [6.45, 7) is 0. The lowest BCUT2D eigenvalue weighted by Crippen LogP contribution is -2.42.